The summed E-state index contributed by atoms with van der Waals surface area (Å²) in [5.74, 6) is -0.352. The van der Waals surface area contributed by atoms with Crippen molar-refractivity contribution in [1.82, 2.24) is 9.80 Å². The number of amides is 1. The first-order valence-electron chi connectivity index (χ1n) is 10.9. The van der Waals surface area contributed by atoms with Crippen molar-refractivity contribution in [2.75, 3.05) is 33.3 Å². The number of nitrogens with zero attached hydrogens (tertiary/aromatic N) is 2. The predicted molar refractivity (Wildman–Crippen MR) is 121 cm³/mol. The zero-order chi connectivity index (χ0) is 22.8. The Morgan fingerprint density at radius 1 is 1.12 bits per heavy atom. The molecular formula is C25H27FN2O4. The van der Waals surface area contributed by atoms with Gasteiger partial charge in [0, 0.05) is 18.2 Å². The molecule has 0 radical (unpaired) electrons. The van der Waals surface area contributed by atoms with Crippen molar-refractivity contribution in [3.8, 4) is 5.75 Å². The zero-order valence-electron chi connectivity index (χ0n) is 18.6. The van der Waals surface area contributed by atoms with Crippen molar-refractivity contribution in [2.24, 2.45) is 0 Å². The molecule has 1 aliphatic heterocycles. The van der Waals surface area contributed by atoms with E-state index in [-0.39, 0.29) is 22.3 Å². The average molecular weight is 438 g/mol. The van der Waals surface area contributed by atoms with Crippen LogP contribution in [-0.4, -0.2) is 49.0 Å². The fraction of sp³-hybridized carbons (Fsp3) is 0.360. The Bertz CT molecular complexity index is 1200. The first kappa shape index (κ1) is 22.0. The molecule has 0 saturated carbocycles. The summed E-state index contributed by atoms with van der Waals surface area (Å²) in [6.07, 6.45) is 0.702. The number of benzene rings is 2. The molecule has 6 nitrogen and oxygen atoms in total. The van der Waals surface area contributed by atoms with Gasteiger partial charge in [0.25, 0.3) is 5.91 Å². The molecule has 168 valence electrons. The van der Waals surface area contributed by atoms with E-state index in [2.05, 4.69) is 18.7 Å². The number of rotatable bonds is 8. The standard InChI is InChI=1S/C25H27FN2O4/c1-4-27(5-2)13-8-14-28-22(17-9-6-7-10-19(17)26)21-23(29)18-12-11-16(31-3)15-20(18)32-24(21)25(28)30/h6-7,9-12,15,22H,4-5,8,13-14H2,1-3H3. The van der Waals surface area contributed by atoms with Crippen LogP contribution in [-0.2, 0) is 0 Å². The molecule has 3 aromatic rings. The third-order valence-corrected chi connectivity index (χ3v) is 6.14. The highest BCUT2D eigenvalue weighted by molar-refractivity contribution is 5.99. The summed E-state index contributed by atoms with van der Waals surface area (Å²) in [6.45, 7) is 7.19. The number of hydrogen-bond acceptors (Lipinski definition) is 5. The molecule has 32 heavy (non-hydrogen) atoms. The largest absolute Gasteiger partial charge is 0.497 e. The third-order valence-electron chi connectivity index (χ3n) is 6.14. The highest BCUT2D eigenvalue weighted by Gasteiger charge is 2.43. The van der Waals surface area contributed by atoms with Crippen LogP contribution in [0.25, 0.3) is 11.0 Å². The van der Waals surface area contributed by atoms with E-state index in [9.17, 15) is 14.0 Å². The summed E-state index contributed by atoms with van der Waals surface area (Å²) in [4.78, 5) is 30.7. The molecule has 7 heteroatoms. The first-order chi connectivity index (χ1) is 15.5. The summed E-state index contributed by atoms with van der Waals surface area (Å²) in [6, 6.07) is 10.3. The van der Waals surface area contributed by atoms with Gasteiger partial charge in [-0.05, 0) is 44.3 Å². The second kappa shape index (κ2) is 9.12. The summed E-state index contributed by atoms with van der Waals surface area (Å²) < 4.78 is 26.0. The first-order valence-corrected chi connectivity index (χ1v) is 10.9. The van der Waals surface area contributed by atoms with Crippen molar-refractivity contribution in [1.29, 1.82) is 0 Å². The van der Waals surface area contributed by atoms with E-state index >= 15 is 0 Å². The molecule has 1 aromatic heterocycles. The molecule has 0 saturated heterocycles. The maximum absolute atomic E-state index is 14.8. The SMILES string of the molecule is CCN(CC)CCCN1C(=O)c2oc3cc(OC)ccc3c(=O)c2C1c1ccccc1F. The van der Waals surface area contributed by atoms with Crippen LogP contribution in [0.3, 0.4) is 0 Å². The van der Waals surface area contributed by atoms with Gasteiger partial charge in [0.2, 0.25) is 5.76 Å². The number of methoxy groups -OCH3 is 1. The van der Waals surface area contributed by atoms with Crippen molar-refractivity contribution < 1.29 is 18.3 Å². The number of carbonyl (C=O) groups excluding carboxylic acids is 1. The minimum atomic E-state index is -0.821. The molecular weight excluding hydrogens is 411 g/mol. The lowest BCUT2D eigenvalue weighted by Gasteiger charge is -2.26. The molecule has 2 heterocycles. The summed E-state index contributed by atoms with van der Waals surface area (Å²) in [7, 11) is 1.52. The lowest BCUT2D eigenvalue weighted by Crippen LogP contribution is -2.33. The quantitative estimate of drug-likeness (QED) is 0.527. The highest BCUT2D eigenvalue weighted by atomic mass is 19.1. The Morgan fingerprint density at radius 2 is 1.88 bits per heavy atom. The minimum absolute atomic E-state index is 0.0214. The van der Waals surface area contributed by atoms with E-state index in [1.165, 1.54) is 13.2 Å². The van der Waals surface area contributed by atoms with E-state index in [0.717, 1.165) is 19.6 Å². The highest BCUT2D eigenvalue weighted by Crippen LogP contribution is 2.39. The molecule has 0 spiro atoms. The lowest BCUT2D eigenvalue weighted by molar-refractivity contribution is 0.0718. The molecule has 1 unspecified atom stereocenters. The third kappa shape index (κ3) is 3.77. The monoisotopic (exact) mass is 438 g/mol. The molecule has 0 aliphatic carbocycles. The van der Waals surface area contributed by atoms with Crippen LogP contribution in [0.5, 0.6) is 5.75 Å². The molecule has 0 fully saturated rings. The molecule has 4 rings (SSSR count). The zero-order valence-corrected chi connectivity index (χ0v) is 18.6. The van der Waals surface area contributed by atoms with Gasteiger partial charge in [0.15, 0.2) is 5.43 Å². The second-order valence-electron chi connectivity index (χ2n) is 7.84. The normalized spacial score (nSPS) is 15.6. The molecule has 1 aliphatic rings. The number of ether oxygens (including phenoxy) is 1. The molecule has 1 atom stereocenters. The van der Waals surface area contributed by atoms with Crippen LogP contribution in [0.2, 0.25) is 0 Å². The number of halogens is 1. The van der Waals surface area contributed by atoms with Crippen molar-refractivity contribution in [2.45, 2.75) is 26.3 Å². The van der Waals surface area contributed by atoms with E-state index in [1.54, 1.807) is 41.3 Å². The molecule has 2 aromatic carbocycles. The number of hydrogen-bond donors (Lipinski definition) is 0. The van der Waals surface area contributed by atoms with Crippen LogP contribution in [0.4, 0.5) is 4.39 Å². The number of fused-ring (bicyclic) bond motifs is 2. The van der Waals surface area contributed by atoms with Gasteiger partial charge < -0.3 is 19.0 Å². The van der Waals surface area contributed by atoms with E-state index in [0.29, 0.717) is 29.7 Å². The fourth-order valence-corrected chi connectivity index (χ4v) is 4.38. The number of carbonyl (C=O) groups is 1. The van der Waals surface area contributed by atoms with Crippen molar-refractivity contribution in [3.05, 3.63) is 75.4 Å². The van der Waals surface area contributed by atoms with Gasteiger partial charge in [-0.3, -0.25) is 9.59 Å². The van der Waals surface area contributed by atoms with Crippen LogP contribution in [0.1, 0.15) is 48.0 Å². The van der Waals surface area contributed by atoms with Gasteiger partial charge >= 0.3 is 0 Å². The maximum atomic E-state index is 14.8. The predicted octanol–water partition coefficient (Wildman–Crippen LogP) is 4.22. The van der Waals surface area contributed by atoms with E-state index in [4.69, 9.17) is 9.15 Å². The van der Waals surface area contributed by atoms with E-state index in [1.807, 2.05) is 0 Å². The van der Waals surface area contributed by atoms with Crippen LogP contribution >= 0.6 is 0 Å². The maximum Gasteiger partial charge on any atom is 0.290 e. The fourth-order valence-electron chi connectivity index (χ4n) is 4.38. The van der Waals surface area contributed by atoms with Gasteiger partial charge in [0.05, 0.1) is 24.1 Å². The Kier molecular flexibility index (Phi) is 6.28. The van der Waals surface area contributed by atoms with E-state index < -0.39 is 17.8 Å². The van der Waals surface area contributed by atoms with Crippen LogP contribution in [0, 0.1) is 5.82 Å². The smallest absolute Gasteiger partial charge is 0.290 e. The molecule has 0 N–H and O–H groups in total. The van der Waals surface area contributed by atoms with Crippen LogP contribution < -0.4 is 10.2 Å². The second-order valence-corrected chi connectivity index (χ2v) is 7.84. The van der Waals surface area contributed by atoms with Crippen molar-refractivity contribution in [3.63, 3.8) is 0 Å². The molecule has 0 bridgehead atoms. The van der Waals surface area contributed by atoms with Gasteiger partial charge in [-0.15, -0.1) is 0 Å². The summed E-state index contributed by atoms with van der Waals surface area (Å²) >= 11 is 0. The van der Waals surface area contributed by atoms with Crippen LogP contribution in [0.15, 0.2) is 51.7 Å². The summed E-state index contributed by atoms with van der Waals surface area (Å²) in [5.41, 5.74) is 0.443. The van der Waals surface area contributed by atoms with Gasteiger partial charge in [-0.25, -0.2) is 4.39 Å². The Hall–Kier alpha value is -3.19. The lowest BCUT2D eigenvalue weighted by atomic mass is 9.98. The topological polar surface area (TPSA) is 63.0 Å². The summed E-state index contributed by atoms with van der Waals surface area (Å²) in [5, 5.41) is 0.337. The van der Waals surface area contributed by atoms with Gasteiger partial charge in [-0.2, -0.15) is 0 Å². The Labute approximate surface area is 186 Å². The Balaban J connectivity index is 1.82. The average Bonchev–Trinajstić information content (AvgIpc) is 3.08. The van der Waals surface area contributed by atoms with Gasteiger partial charge in [-0.1, -0.05) is 32.0 Å². The minimum Gasteiger partial charge on any atom is -0.497 e. The molecule has 1 amide bonds. The Morgan fingerprint density at radius 3 is 2.56 bits per heavy atom. The van der Waals surface area contributed by atoms with Crippen molar-refractivity contribution >= 4 is 16.9 Å². The van der Waals surface area contributed by atoms with Gasteiger partial charge in [0.1, 0.15) is 17.1 Å².